The number of aryl methyl sites for hydroxylation is 2. The van der Waals surface area contributed by atoms with E-state index < -0.39 is 0 Å². The van der Waals surface area contributed by atoms with E-state index in [1.54, 1.807) is 13.1 Å². The van der Waals surface area contributed by atoms with Crippen LogP contribution < -0.4 is 15.8 Å². The van der Waals surface area contributed by atoms with Crippen molar-refractivity contribution in [3.8, 4) is 11.6 Å². The molecule has 0 radical (unpaired) electrons. The van der Waals surface area contributed by atoms with Crippen molar-refractivity contribution in [1.29, 1.82) is 0 Å². The van der Waals surface area contributed by atoms with Crippen molar-refractivity contribution in [2.24, 2.45) is 0 Å². The van der Waals surface area contributed by atoms with E-state index in [2.05, 4.69) is 28.3 Å². The number of anilines is 2. The zero-order chi connectivity index (χ0) is 14.0. The van der Waals surface area contributed by atoms with Crippen LogP contribution >= 0.6 is 0 Å². The summed E-state index contributed by atoms with van der Waals surface area (Å²) in [4.78, 5) is 8.13. The highest BCUT2D eigenvalue weighted by molar-refractivity contribution is 5.48. The number of nitrogen functional groups attached to an aromatic ring is 1. The third-order valence-electron chi connectivity index (χ3n) is 3.06. The summed E-state index contributed by atoms with van der Waals surface area (Å²) in [6.07, 6.45) is 0. The van der Waals surface area contributed by atoms with Gasteiger partial charge in [0.1, 0.15) is 11.6 Å². The van der Waals surface area contributed by atoms with Crippen LogP contribution in [0, 0.1) is 20.8 Å². The molecule has 2 rings (SSSR count). The fraction of sp³-hybridized carbons (Fsp3) is 0.286. The molecule has 0 aliphatic carbocycles. The summed E-state index contributed by atoms with van der Waals surface area (Å²) in [6, 6.07) is 5.82. The fourth-order valence-corrected chi connectivity index (χ4v) is 1.81. The lowest BCUT2D eigenvalue weighted by molar-refractivity contribution is 0.455. The van der Waals surface area contributed by atoms with E-state index in [9.17, 15) is 0 Å². The Kier molecular flexibility index (Phi) is 3.55. The summed E-state index contributed by atoms with van der Waals surface area (Å²) in [5, 5.41) is 2.92. The van der Waals surface area contributed by atoms with E-state index in [0.29, 0.717) is 11.7 Å². The third kappa shape index (κ3) is 2.76. The molecule has 0 bridgehead atoms. The number of hydrogen-bond donors (Lipinski definition) is 2. The second kappa shape index (κ2) is 5.14. The molecule has 3 N–H and O–H groups in total. The first-order valence-corrected chi connectivity index (χ1v) is 6.08. The molecule has 0 spiro atoms. The molecule has 0 unspecified atom stereocenters. The van der Waals surface area contributed by atoms with E-state index in [0.717, 1.165) is 16.9 Å². The maximum Gasteiger partial charge on any atom is 0.226 e. The molecule has 100 valence electrons. The highest BCUT2D eigenvalue weighted by Crippen LogP contribution is 2.30. The molecule has 0 aliphatic rings. The Morgan fingerprint density at radius 3 is 2.47 bits per heavy atom. The van der Waals surface area contributed by atoms with Crippen molar-refractivity contribution >= 4 is 11.8 Å². The predicted molar refractivity (Wildman–Crippen MR) is 76.7 cm³/mol. The first kappa shape index (κ1) is 13.1. The number of ether oxygens (including phenoxy) is 1. The Balaban J connectivity index is 2.41. The Morgan fingerprint density at radius 1 is 1.11 bits per heavy atom. The number of nitrogens with two attached hydrogens (primary N) is 1. The van der Waals surface area contributed by atoms with E-state index in [-0.39, 0.29) is 5.95 Å². The molecule has 5 nitrogen and oxygen atoms in total. The summed E-state index contributed by atoms with van der Waals surface area (Å²) in [5.41, 5.74) is 8.99. The molecule has 5 heteroatoms. The summed E-state index contributed by atoms with van der Waals surface area (Å²) in [6.45, 7) is 6.08. The van der Waals surface area contributed by atoms with Crippen molar-refractivity contribution in [3.05, 3.63) is 34.9 Å². The summed E-state index contributed by atoms with van der Waals surface area (Å²) in [7, 11) is 1.77. The molecule has 0 atom stereocenters. The monoisotopic (exact) mass is 258 g/mol. The lowest BCUT2D eigenvalue weighted by Crippen LogP contribution is -2.02. The number of rotatable bonds is 3. The quantitative estimate of drug-likeness (QED) is 0.885. The molecule has 0 fully saturated rings. The van der Waals surface area contributed by atoms with Gasteiger partial charge in [0.15, 0.2) is 0 Å². The van der Waals surface area contributed by atoms with Crippen LogP contribution in [-0.4, -0.2) is 17.0 Å². The molecule has 0 saturated heterocycles. The van der Waals surface area contributed by atoms with Crippen molar-refractivity contribution in [1.82, 2.24) is 9.97 Å². The zero-order valence-electron chi connectivity index (χ0n) is 11.6. The van der Waals surface area contributed by atoms with Gasteiger partial charge < -0.3 is 15.8 Å². The maximum atomic E-state index is 5.87. The van der Waals surface area contributed by atoms with Gasteiger partial charge in [-0.25, -0.2) is 0 Å². The molecule has 1 heterocycles. The van der Waals surface area contributed by atoms with Gasteiger partial charge in [-0.05, 0) is 37.5 Å². The molecular weight excluding hydrogens is 240 g/mol. The van der Waals surface area contributed by atoms with Gasteiger partial charge in [0.25, 0.3) is 0 Å². The van der Waals surface area contributed by atoms with Crippen LogP contribution in [0.4, 0.5) is 11.8 Å². The number of nitrogens with zero attached hydrogens (tertiary/aromatic N) is 2. The second-order valence-electron chi connectivity index (χ2n) is 4.46. The first-order valence-electron chi connectivity index (χ1n) is 6.08. The highest BCUT2D eigenvalue weighted by Gasteiger charge is 2.10. The van der Waals surface area contributed by atoms with Gasteiger partial charge in [0.2, 0.25) is 11.8 Å². The largest absolute Gasteiger partial charge is 0.438 e. The van der Waals surface area contributed by atoms with Gasteiger partial charge in [-0.15, -0.1) is 0 Å². The fourth-order valence-electron chi connectivity index (χ4n) is 1.81. The molecular formula is C14H18N4O. The first-order chi connectivity index (χ1) is 9.01. The summed E-state index contributed by atoms with van der Waals surface area (Å²) < 4.78 is 5.87. The Labute approximate surface area is 112 Å². The average Bonchev–Trinajstić information content (AvgIpc) is 2.38. The van der Waals surface area contributed by atoms with Crippen LogP contribution in [0.25, 0.3) is 0 Å². The number of aromatic nitrogens is 2. The van der Waals surface area contributed by atoms with Gasteiger partial charge >= 0.3 is 0 Å². The molecule has 1 aromatic carbocycles. The van der Waals surface area contributed by atoms with Crippen LogP contribution in [0.1, 0.15) is 16.7 Å². The molecule has 0 saturated carbocycles. The normalized spacial score (nSPS) is 10.3. The molecule has 0 amide bonds. The van der Waals surface area contributed by atoms with Crippen LogP contribution in [0.2, 0.25) is 0 Å². The van der Waals surface area contributed by atoms with Crippen LogP contribution in [0.3, 0.4) is 0 Å². The van der Waals surface area contributed by atoms with Gasteiger partial charge in [0, 0.05) is 13.1 Å². The molecule has 19 heavy (non-hydrogen) atoms. The lowest BCUT2D eigenvalue weighted by atomic mass is 10.1. The minimum absolute atomic E-state index is 0.185. The average molecular weight is 258 g/mol. The van der Waals surface area contributed by atoms with Gasteiger partial charge in [0.05, 0.1) is 0 Å². The van der Waals surface area contributed by atoms with E-state index >= 15 is 0 Å². The molecule has 1 aromatic heterocycles. The van der Waals surface area contributed by atoms with Crippen LogP contribution in [-0.2, 0) is 0 Å². The SMILES string of the molecule is CNc1cc(Oc2c(C)ccc(C)c2C)nc(N)n1. The standard InChI is InChI=1S/C14H18N4O/c1-8-5-6-9(2)13(10(8)3)19-12-7-11(16-4)17-14(15)18-12/h5-7H,1-4H3,(H3,15,16,17,18). The predicted octanol–water partition coefficient (Wildman–Crippen LogP) is 2.82. The Hall–Kier alpha value is -2.30. The number of benzene rings is 1. The lowest BCUT2D eigenvalue weighted by Gasteiger charge is -2.13. The van der Waals surface area contributed by atoms with E-state index in [4.69, 9.17) is 10.5 Å². The Bertz CT molecular complexity index is 611. The van der Waals surface area contributed by atoms with Crippen molar-refractivity contribution in [2.45, 2.75) is 20.8 Å². The smallest absolute Gasteiger partial charge is 0.226 e. The van der Waals surface area contributed by atoms with Gasteiger partial charge in [-0.2, -0.15) is 9.97 Å². The molecule has 2 aromatic rings. The summed E-state index contributed by atoms with van der Waals surface area (Å²) in [5.74, 6) is 2.07. The van der Waals surface area contributed by atoms with Crippen molar-refractivity contribution in [3.63, 3.8) is 0 Å². The molecule has 0 aliphatic heterocycles. The highest BCUT2D eigenvalue weighted by atomic mass is 16.5. The van der Waals surface area contributed by atoms with Crippen LogP contribution in [0.5, 0.6) is 11.6 Å². The van der Waals surface area contributed by atoms with Crippen molar-refractivity contribution < 1.29 is 4.74 Å². The number of hydrogen-bond acceptors (Lipinski definition) is 5. The number of nitrogens with one attached hydrogen (secondary N) is 1. The van der Waals surface area contributed by atoms with Gasteiger partial charge in [-0.1, -0.05) is 12.1 Å². The Morgan fingerprint density at radius 2 is 1.79 bits per heavy atom. The minimum atomic E-state index is 0.185. The van der Waals surface area contributed by atoms with Crippen molar-refractivity contribution in [2.75, 3.05) is 18.1 Å². The van der Waals surface area contributed by atoms with E-state index in [1.165, 1.54) is 5.56 Å². The van der Waals surface area contributed by atoms with Gasteiger partial charge in [-0.3, -0.25) is 0 Å². The van der Waals surface area contributed by atoms with E-state index in [1.807, 2.05) is 19.9 Å². The second-order valence-corrected chi connectivity index (χ2v) is 4.46. The van der Waals surface area contributed by atoms with Crippen LogP contribution in [0.15, 0.2) is 18.2 Å². The minimum Gasteiger partial charge on any atom is -0.438 e. The maximum absolute atomic E-state index is 5.87. The third-order valence-corrected chi connectivity index (χ3v) is 3.06. The topological polar surface area (TPSA) is 73.1 Å². The zero-order valence-corrected chi connectivity index (χ0v) is 11.6. The summed E-state index contributed by atoms with van der Waals surface area (Å²) >= 11 is 0.